The van der Waals surface area contributed by atoms with Crippen molar-refractivity contribution in [1.82, 2.24) is 9.13 Å². The molecule has 0 saturated heterocycles. The normalized spacial score (nSPS) is 12.7. The highest BCUT2D eigenvalue weighted by molar-refractivity contribution is 6.10. The number of rotatable bonds is 38. The van der Waals surface area contributed by atoms with Crippen LogP contribution in [0.1, 0.15) is 230 Å². The number of fused-ring (bicyclic) bond motifs is 9. The van der Waals surface area contributed by atoms with Crippen LogP contribution in [0.5, 0.6) is 11.5 Å². The van der Waals surface area contributed by atoms with Gasteiger partial charge in [-0.2, -0.15) is 0 Å². The van der Waals surface area contributed by atoms with Crippen molar-refractivity contribution in [3.8, 4) is 44.9 Å². The summed E-state index contributed by atoms with van der Waals surface area (Å²) in [5.74, 6) is 1.87. The van der Waals surface area contributed by atoms with Crippen LogP contribution in [0.4, 0.5) is 0 Å². The van der Waals surface area contributed by atoms with Crippen molar-refractivity contribution in [2.24, 2.45) is 0 Å². The summed E-state index contributed by atoms with van der Waals surface area (Å²) in [6.07, 6.45) is 36.0. The molecule has 2 heterocycles. The summed E-state index contributed by atoms with van der Waals surface area (Å²) in [7, 11) is 0. The van der Waals surface area contributed by atoms with E-state index in [0.29, 0.717) is 0 Å². The minimum Gasteiger partial charge on any atom is -0.494 e. The van der Waals surface area contributed by atoms with Crippen LogP contribution in [0.25, 0.3) is 77.0 Å². The SMILES string of the molecule is CCCCCCCCCCOc1ccc(C2(c3ccc(OCCCCCCCCCC)cc3)c3cc(-c4ccc5c(c4)c4ccccc4n5CCCCCCCC)ccc3-c3ccc(-c4ccc5c(c4)c4ccccc4n5CCCCCCCC)cc32)cc1. The Morgan fingerprint density at radius 2 is 0.596 bits per heavy atom. The van der Waals surface area contributed by atoms with E-state index in [1.165, 1.54) is 266 Å². The number of benzene rings is 8. The highest BCUT2D eigenvalue weighted by Crippen LogP contribution is 2.58. The van der Waals surface area contributed by atoms with Gasteiger partial charge in [-0.15, -0.1) is 0 Å². The molecule has 0 unspecified atom stereocenters. The molecule has 0 saturated carbocycles. The number of nitrogens with zero attached hydrogens (tertiary/aromatic N) is 2. The van der Waals surface area contributed by atoms with E-state index in [9.17, 15) is 0 Å². The average molecular weight is 1190 g/mol. The number of aromatic nitrogens is 2. The van der Waals surface area contributed by atoms with Crippen LogP contribution in [0.3, 0.4) is 0 Å². The molecule has 0 fully saturated rings. The molecule has 466 valence electrons. The molecule has 0 atom stereocenters. The predicted molar refractivity (Wildman–Crippen MR) is 384 cm³/mol. The first kappa shape index (κ1) is 63.5. The molecule has 8 aromatic carbocycles. The van der Waals surface area contributed by atoms with Crippen LogP contribution in [-0.2, 0) is 18.5 Å². The van der Waals surface area contributed by atoms with Gasteiger partial charge in [0.25, 0.3) is 0 Å². The summed E-state index contributed by atoms with van der Waals surface area (Å²) in [5, 5.41) is 5.33. The van der Waals surface area contributed by atoms with Gasteiger partial charge in [0.1, 0.15) is 11.5 Å². The van der Waals surface area contributed by atoms with E-state index >= 15 is 0 Å². The van der Waals surface area contributed by atoms with Crippen molar-refractivity contribution in [1.29, 1.82) is 0 Å². The third kappa shape index (κ3) is 14.8. The van der Waals surface area contributed by atoms with Crippen molar-refractivity contribution in [2.45, 2.75) is 226 Å². The van der Waals surface area contributed by atoms with Crippen LogP contribution in [0.2, 0.25) is 0 Å². The zero-order valence-corrected chi connectivity index (χ0v) is 55.0. The molecule has 0 radical (unpaired) electrons. The molecule has 1 aliphatic rings. The molecule has 1 aliphatic carbocycles. The summed E-state index contributed by atoms with van der Waals surface area (Å²) < 4.78 is 18.4. The molecular weight excluding hydrogens is 1080 g/mol. The van der Waals surface area contributed by atoms with E-state index < -0.39 is 5.41 Å². The number of aryl methyl sites for hydroxylation is 2. The van der Waals surface area contributed by atoms with Crippen molar-refractivity contribution < 1.29 is 9.47 Å². The first-order valence-corrected chi connectivity index (χ1v) is 35.8. The molecule has 89 heavy (non-hydrogen) atoms. The van der Waals surface area contributed by atoms with Gasteiger partial charge in [-0.1, -0.05) is 279 Å². The number of hydrogen-bond acceptors (Lipinski definition) is 2. The Hall–Kier alpha value is -7.04. The summed E-state index contributed by atoms with van der Waals surface area (Å²) in [6.45, 7) is 12.8. The maximum absolute atomic E-state index is 6.60. The summed E-state index contributed by atoms with van der Waals surface area (Å²) in [5.41, 5.74) is 17.3. The summed E-state index contributed by atoms with van der Waals surface area (Å²) >= 11 is 0. The maximum atomic E-state index is 6.60. The maximum Gasteiger partial charge on any atom is 0.119 e. The van der Waals surface area contributed by atoms with Crippen LogP contribution in [0.15, 0.2) is 170 Å². The smallest absolute Gasteiger partial charge is 0.119 e. The second-order valence-corrected chi connectivity index (χ2v) is 26.3. The molecule has 4 heteroatoms. The van der Waals surface area contributed by atoms with Crippen LogP contribution in [-0.4, -0.2) is 22.3 Å². The van der Waals surface area contributed by atoms with Crippen molar-refractivity contribution in [2.75, 3.05) is 13.2 Å². The molecule has 2 aromatic heterocycles. The quantitative estimate of drug-likeness (QED) is 0.0361. The van der Waals surface area contributed by atoms with Crippen molar-refractivity contribution in [3.05, 3.63) is 192 Å². The number of para-hydroxylation sites is 2. The third-order valence-corrected chi connectivity index (χ3v) is 19.9. The standard InChI is InChI=1S/C85H104N2O2/c1-5-9-13-17-21-23-27-35-59-88-71-49-45-69(46-50-71)85(70-47-51-72(52-48-70)89-60-36-28-24-22-18-14-10-6-2)79-63-67(65-43-55-83-77(61-65)75-37-29-31-39-81(75)86(83)57-33-25-19-15-11-7-3)41-53-73(79)74-54-42-68(64-80(74)85)66-44-56-84-78(62-66)76-38-30-32-40-82(76)87(84)58-34-26-20-16-12-8-4/h29-32,37-56,61-64H,5-28,33-36,57-60H2,1-4H3. The van der Waals surface area contributed by atoms with E-state index in [2.05, 4.69) is 207 Å². The fourth-order valence-electron chi connectivity index (χ4n) is 15.0. The molecule has 0 N–H and O–H groups in total. The second-order valence-electron chi connectivity index (χ2n) is 26.3. The lowest BCUT2D eigenvalue weighted by Crippen LogP contribution is -2.28. The largest absolute Gasteiger partial charge is 0.494 e. The lowest BCUT2D eigenvalue weighted by atomic mass is 9.67. The van der Waals surface area contributed by atoms with Gasteiger partial charge >= 0.3 is 0 Å². The lowest BCUT2D eigenvalue weighted by molar-refractivity contribution is 0.304. The highest BCUT2D eigenvalue weighted by Gasteiger charge is 2.47. The van der Waals surface area contributed by atoms with Gasteiger partial charge in [0.2, 0.25) is 0 Å². The van der Waals surface area contributed by atoms with Gasteiger partial charge in [-0.25, -0.2) is 0 Å². The highest BCUT2D eigenvalue weighted by atomic mass is 16.5. The molecule has 0 spiro atoms. The van der Waals surface area contributed by atoms with Crippen LogP contribution >= 0.6 is 0 Å². The van der Waals surface area contributed by atoms with Gasteiger partial charge in [0, 0.05) is 56.7 Å². The van der Waals surface area contributed by atoms with Gasteiger partial charge in [0.15, 0.2) is 0 Å². The third-order valence-electron chi connectivity index (χ3n) is 19.9. The monoisotopic (exact) mass is 1180 g/mol. The van der Waals surface area contributed by atoms with Crippen LogP contribution in [0, 0.1) is 0 Å². The van der Waals surface area contributed by atoms with Crippen LogP contribution < -0.4 is 9.47 Å². The van der Waals surface area contributed by atoms with E-state index in [4.69, 9.17) is 9.47 Å². The molecule has 0 aliphatic heterocycles. The first-order chi connectivity index (χ1) is 44.0. The topological polar surface area (TPSA) is 28.3 Å². The zero-order chi connectivity index (χ0) is 61.0. The Morgan fingerprint density at radius 3 is 0.978 bits per heavy atom. The average Bonchev–Trinajstić information content (AvgIpc) is 1.57. The van der Waals surface area contributed by atoms with Crippen molar-refractivity contribution in [3.63, 3.8) is 0 Å². The van der Waals surface area contributed by atoms with E-state index in [-0.39, 0.29) is 0 Å². The number of hydrogen-bond donors (Lipinski definition) is 0. The van der Waals surface area contributed by atoms with Gasteiger partial charge in [0.05, 0.1) is 18.6 Å². The van der Waals surface area contributed by atoms with E-state index in [1.807, 2.05) is 0 Å². The first-order valence-electron chi connectivity index (χ1n) is 35.8. The van der Waals surface area contributed by atoms with E-state index in [0.717, 1.165) is 50.6 Å². The molecule has 11 rings (SSSR count). The minimum absolute atomic E-state index is 0.669. The Labute approximate surface area is 535 Å². The lowest BCUT2D eigenvalue weighted by Gasteiger charge is -2.34. The molecule has 10 aromatic rings. The second kappa shape index (κ2) is 32.1. The molecule has 4 nitrogen and oxygen atoms in total. The van der Waals surface area contributed by atoms with Gasteiger partial charge in [-0.3, -0.25) is 0 Å². The molecule has 0 amide bonds. The van der Waals surface area contributed by atoms with Gasteiger partial charge < -0.3 is 18.6 Å². The fourth-order valence-corrected chi connectivity index (χ4v) is 15.0. The summed E-state index contributed by atoms with van der Waals surface area (Å²) in [4.78, 5) is 0. The predicted octanol–water partition coefficient (Wildman–Crippen LogP) is 25.4. The Bertz CT molecular complexity index is 3570. The number of ether oxygens (including phenoxy) is 2. The summed E-state index contributed by atoms with van der Waals surface area (Å²) in [6, 6.07) is 66.0. The van der Waals surface area contributed by atoms with E-state index in [1.54, 1.807) is 0 Å². The van der Waals surface area contributed by atoms with Gasteiger partial charge in [-0.05, 0) is 154 Å². The zero-order valence-electron chi connectivity index (χ0n) is 55.0. The van der Waals surface area contributed by atoms with Crippen molar-refractivity contribution >= 4 is 43.6 Å². The Morgan fingerprint density at radius 1 is 0.281 bits per heavy atom. The fraction of sp³-hybridized carbons (Fsp3) is 0.435. The molecule has 0 bridgehead atoms. The molecular formula is C85H104N2O2. The number of unbranched alkanes of at least 4 members (excludes halogenated alkanes) is 24. The minimum atomic E-state index is -0.669. The Balaban J connectivity index is 0.995. The Kier molecular flexibility index (Phi) is 22.9.